The Labute approximate surface area is 115 Å². The number of halogens is 1. The van der Waals surface area contributed by atoms with Gasteiger partial charge in [0.05, 0.1) is 24.0 Å². The Morgan fingerprint density at radius 1 is 1.32 bits per heavy atom. The quantitative estimate of drug-likeness (QED) is 0.691. The molecule has 0 amide bonds. The molecule has 2 aromatic heterocycles. The van der Waals surface area contributed by atoms with Crippen molar-refractivity contribution in [2.24, 2.45) is 7.05 Å². The Balaban J connectivity index is 2.27. The van der Waals surface area contributed by atoms with Crippen LogP contribution >= 0.6 is 11.6 Å². The Hall–Kier alpha value is -2.01. The van der Waals surface area contributed by atoms with Crippen LogP contribution in [0.4, 0.5) is 0 Å². The lowest BCUT2D eigenvalue weighted by Crippen LogP contribution is -2.01. The topological polar surface area (TPSA) is 44.9 Å². The second-order valence-corrected chi connectivity index (χ2v) is 4.42. The van der Waals surface area contributed by atoms with Crippen LogP contribution in [-0.4, -0.2) is 26.4 Å². The summed E-state index contributed by atoms with van der Waals surface area (Å²) in [5, 5.41) is 4.44. The van der Waals surface area contributed by atoms with E-state index in [-0.39, 0.29) is 0 Å². The van der Waals surface area contributed by atoms with Gasteiger partial charge in [-0.3, -0.25) is 4.57 Å². The molecule has 0 aliphatic carbocycles. The van der Waals surface area contributed by atoms with Crippen molar-refractivity contribution in [2.75, 3.05) is 7.11 Å². The smallest absolute Gasteiger partial charge is 0.213 e. The van der Waals surface area contributed by atoms with Gasteiger partial charge in [0.2, 0.25) is 5.88 Å². The fourth-order valence-electron chi connectivity index (χ4n) is 2.16. The first-order chi connectivity index (χ1) is 9.24. The highest BCUT2D eigenvalue weighted by molar-refractivity contribution is 6.17. The van der Waals surface area contributed by atoms with Crippen LogP contribution in [0.1, 0.15) is 5.82 Å². The summed E-state index contributed by atoms with van der Waals surface area (Å²) >= 11 is 5.98. The monoisotopic (exact) mass is 276 g/mol. The van der Waals surface area contributed by atoms with Gasteiger partial charge in [0.1, 0.15) is 5.82 Å². The SMILES string of the molecule is COc1cc(-n2c(CCl)nc3ccccc32)nn1C. The van der Waals surface area contributed by atoms with E-state index in [9.17, 15) is 0 Å². The van der Waals surface area contributed by atoms with Crippen LogP contribution in [0.5, 0.6) is 5.88 Å². The minimum atomic E-state index is 0.327. The van der Waals surface area contributed by atoms with Crippen molar-refractivity contribution >= 4 is 22.6 Å². The second kappa shape index (κ2) is 4.59. The van der Waals surface area contributed by atoms with Gasteiger partial charge in [-0.05, 0) is 12.1 Å². The van der Waals surface area contributed by atoms with E-state index in [0.717, 1.165) is 22.7 Å². The molecule has 2 heterocycles. The van der Waals surface area contributed by atoms with Crippen molar-refractivity contribution in [2.45, 2.75) is 5.88 Å². The predicted molar refractivity (Wildman–Crippen MR) is 73.9 cm³/mol. The zero-order chi connectivity index (χ0) is 13.4. The van der Waals surface area contributed by atoms with Gasteiger partial charge in [-0.1, -0.05) is 12.1 Å². The van der Waals surface area contributed by atoms with Crippen molar-refractivity contribution in [3.05, 3.63) is 36.2 Å². The molecule has 0 radical (unpaired) electrons. The zero-order valence-electron chi connectivity index (χ0n) is 10.7. The first-order valence-corrected chi connectivity index (χ1v) is 6.38. The third-order valence-corrected chi connectivity index (χ3v) is 3.25. The molecule has 0 unspecified atom stereocenters. The van der Waals surface area contributed by atoms with Crippen molar-refractivity contribution in [3.63, 3.8) is 0 Å². The molecule has 0 spiro atoms. The fraction of sp³-hybridized carbons (Fsp3) is 0.231. The van der Waals surface area contributed by atoms with Crippen LogP contribution in [-0.2, 0) is 12.9 Å². The minimum Gasteiger partial charge on any atom is -0.481 e. The first-order valence-electron chi connectivity index (χ1n) is 5.85. The number of fused-ring (bicyclic) bond motifs is 1. The van der Waals surface area contributed by atoms with Crippen LogP contribution < -0.4 is 4.74 Å². The highest BCUT2D eigenvalue weighted by atomic mass is 35.5. The van der Waals surface area contributed by atoms with E-state index in [1.54, 1.807) is 11.8 Å². The second-order valence-electron chi connectivity index (χ2n) is 4.15. The molecular weight excluding hydrogens is 264 g/mol. The third kappa shape index (κ3) is 1.86. The lowest BCUT2D eigenvalue weighted by Gasteiger charge is -2.02. The molecule has 0 saturated carbocycles. The maximum absolute atomic E-state index is 5.98. The van der Waals surface area contributed by atoms with E-state index in [1.807, 2.05) is 41.9 Å². The van der Waals surface area contributed by atoms with Crippen LogP contribution in [0.15, 0.2) is 30.3 Å². The van der Waals surface area contributed by atoms with Gasteiger partial charge in [0, 0.05) is 13.1 Å². The van der Waals surface area contributed by atoms with Crippen LogP contribution in [0.25, 0.3) is 16.9 Å². The number of hydrogen-bond donors (Lipinski definition) is 0. The number of benzene rings is 1. The Morgan fingerprint density at radius 3 is 2.79 bits per heavy atom. The molecule has 0 fully saturated rings. The Kier molecular flexibility index (Phi) is 2.91. The highest BCUT2D eigenvalue weighted by Gasteiger charge is 2.15. The van der Waals surface area contributed by atoms with Crippen molar-refractivity contribution in [1.29, 1.82) is 0 Å². The van der Waals surface area contributed by atoms with E-state index < -0.39 is 0 Å². The molecule has 0 N–H and O–H groups in total. The van der Waals surface area contributed by atoms with Crippen LogP contribution in [0, 0.1) is 0 Å². The molecule has 0 saturated heterocycles. The van der Waals surface area contributed by atoms with Gasteiger partial charge in [-0.2, -0.15) is 5.10 Å². The van der Waals surface area contributed by atoms with Gasteiger partial charge in [-0.25, -0.2) is 9.67 Å². The summed E-state index contributed by atoms with van der Waals surface area (Å²) in [5.74, 6) is 2.54. The number of alkyl halides is 1. The van der Waals surface area contributed by atoms with E-state index >= 15 is 0 Å². The molecular formula is C13H13ClN4O. The Morgan fingerprint density at radius 2 is 2.11 bits per heavy atom. The summed E-state index contributed by atoms with van der Waals surface area (Å²) in [5.41, 5.74) is 1.89. The van der Waals surface area contributed by atoms with Crippen molar-refractivity contribution < 1.29 is 4.74 Å². The van der Waals surface area contributed by atoms with Gasteiger partial charge in [-0.15, -0.1) is 11.6 Å². The molecule has 5 nitrogen and oxygen atoms in total. The highest BCUT2D eigenvalue weighted by Crippen LogP contribution is 2.24. The van der Waals surface area contributed by atoms with Gasteiger partial charge >= 0.3 is 0 Å². The first kappa shape index (κ1) is 12.0. The molecule has 0 bridgehead atoms. The van der Waals surface area contributed by atoms with E-state index in [2.05, 4.69) is 10.1 Å². The molecule has 98 valence electrons. The van der Waals surface area contributed by atoms with Gasteiger partial charge in [0.15, 0.2) is 5.82 Å². The molecule has 3 aromatic rings. The lowest BCUT2D eigenvalue weighted by molar-refractivity contribution is 0.373. The van der Waals surface area contributed by atoms with Crippen LogP contribution in [0.2, 0.25) is 0 Å². The molecule has 6 heteroatoms. The number of methoxy groups -OCH3 is 1. The summed E-state index contributed by atoms with van der Waals surface area (Å²) in [6.07, 6.45) is 0. The summed E-state index contributed by atoms with van der Waals surface area (Å²) in [6.45, 7) is 0. The number of aryl methyl sites for hydroxylation is 1. The summed E-state index contributed by atoms with van der Waals surface area (Å²) in [7, 11) is 3.46. The van der Waals surface area contributed by atoms with Gasteiger partial charge < -0.3 is 4.74 Å². The maximum atomic E-state index is 5.98. The summed E-state index contributed by atoms with van der Waals surface area (Å²) < 4.78 is 8.87. The molecule has 3 rings (SSSR count). The van der Waals surface area contributed by atoms with Crippen LogP contribution in [0.3, 0.4) is 0 Å². The molecule has 19 heavy (non-hydrogen) atoms. The number of rotatable bonds is 3. The van der Waals surface area contributed by atoms with E-state index in [4.69, 9.17) is 16.3 Å². The number of aromatic nitrogens is 4. The molecule has 1 aromatic carbocycles. The zero-order valence-corrected chi connectivity index (χ0v) is 11.4. The number of hydrogen-bond acceptors (Lipinski definition) is 3. The maximum Gasteiger partial charge on any atom is 0.213 e. The average molecular weight is 277 g/mol. The minimum absolute atomic E-state index is 0.327. The largest absolute Gasteiger partial charge is 0.481 e. The van der Waals surface area contributed by atoms with Crippen molar-refractivity contribution in [3.8, 4) is 11.7 Å². The number of nitrogens with zero attached hydrogens (tertiary/aromatic N) is 4. The average Bonchev–Trinajstić information content (AvgIpc) is 2.98. The van der Waals surface area contributed by atoms with Crippen molar-refractivity contribution in [1.82, 2.24) is 19.3 Å². The van der Waals surface area contributed by atoms with E-state index in [0.29, 0.717) is 11.8 Å². The Bertz CT molecular complexity index is 731. The predicted octanol–water partition coefficient (Wildman–Crippen LogP) is 2.51. The summed E-state index contributed by atoms with van der Waals surface area (Å²) in [4.78, 5) is 4.51. The third-order valence-electron chi connectivity index (χ3n) is 3.01. The van der Waals surface area contributed by atoms with Gasteiger partial charge in [0.25, 0.3) is 0 Å². The molecule has 0 atom stereocenters. The number of para-hydroxylation sites is 2. The molecule has 0 aliphatic rings. The number of ether oxygens (including phenoxy) is 1. The fourth-order valence-corrected chi connectivity index (χ4v) is 2.34. The lowest BCUT2D eigenvalue weighted by atomic mass is 10.3. The number of imidazole rings is 1. The van der Waals surface area contributed by atoms with E-state index in [1.165, 1.54) is 0 Å². The summed E-state index contributed by atoms with van der Waals surface area (Å²) in [6, 6.07) is 9.75. The molecule has 0 aliphatic heterocycles. The standard InChI is InChI=1S/C13H13ClN4O/c1-17-13(19-2)7-11(16-17)18-10-6-4-3-5-9(10)15-12(18)8-14/h3-7H,8H2,1-2H3. The normalized spacial score (nSPS) is 11.1.